The molecule has 7 heteroatoms. The first-order valence-electron chi connectivity index (χ1n) is 7.79. The molecule has 0 aliphatic rings. The molecular weight excluding hydrogens is 354 g/mol. The van der Waals surface area contributed by atoms with Crippen LogP contribution in [0, 0.1) is 0 Å². The van der Waals surface area contributed by atoms with Gasteiger partial charge in [0.25, 0.3) is 5.91 Å². The predicted octanol–water partition coefficient (Wildman–Crippen LogP) is 3.52. The van der Waals surface area contributed by atoms with Crippen molar-refractivity contribution in [2.75, 3.05) is 14.2 Å². The van der Waals surface area contributed by atoms with E-state index in [2.05, 4.69) is 5.32 Å². The third kappa shape index (κ3) is 3.78. The zero-order valence-corrected chi connectivity index (χ0v) is 15.1. The van der Waals surface area contributed by atoms with E-state index in [1.165, 1.54) is 31.8 Å². The van der Waals surface area contributed by atoms with Crippen molar-refractivity contribution in [2.24, 2.45) is 0 Å². The number of rotatable bonds is 7. The third-order valence-corrected chi connectivity index (χ3v) is 4.78. The molecule has 1 aromatic carbocycles. The van der Waals surface area contributed by atoms with E-state index < -0.39 is 0 Å². The summed E-state index contributed by atoms with van der Waals surface area (Å²) >= 11 is 1.32. The molecule has 3 rings (SSSR count). The van der Waals surface area contributed by atoms with Gasteiger partial charge in [-0.3, -0.25) is 9.59 Å². The molecule has 2 aromatic heterocycles. The maximum Gasteiger partial charge on any atom is 0.251 e. The van der Waals surface area contributed by atoms with E-state index in [1.807, 2.05) is 6.07 Å². The Labute approximate surface area is 154 Å². The summed E-state index contributed by atoms with van der Waals surface area (Å²) in [5.41, 5.74) is 0.464. The minimum Gasteiger partial charge on any atom is -0.493 e. The molecule has 1 amide bonds. The smallest absolute Gasteiger partial charge is 0.251 e. The molecular formula is C19H17NO5S. The van der Waals surface area contributed by atoms with E-state index in [4.69, 9.17) is 13.9 Å². The van der Waals surface area contributed by atoms with Crippen LogP contribution < -0.4 is 14.8 Å². The largest absolute Gasteiger partial charge is 0.493 e. The van der Waals surface area contributed by atoms with Gasteiger partial charge < -0.3 is 19.2 Å². The molecule has 0 saturated carbocycles. The minimum atomic E-state index is -0.238. The van der Waals surface area contributed by atoms with Crippen molar-refractivity contribution < 1.29 is 23.5 Å². The lowest BCUT2D eigenvalue weighted by Gasteiger charge is -2.09. The van der Waals surface area contributed by atoms with Crippen molar-refractivity contribution in [3.05, 3.63) is 69.8 Å². The Hall–Kier alpha value is -3.06. The topological polar surface area (TPSA) is 77.8 Å². The SMILES string of the molecule is COc1ccc(C(=O)NCc2ccc(C(=O)c3ccco3)s2)cc1OC. The highest BCUT2D eigenvalue weighted by Crippen LogP contribution is 2.27. The molecule has 0 atom stereocenters. The highest BCUT2D eigenvalue weighted by atomic mass is 32.1. The molecule has 0 radical (unpaired) electrons. The Morgan fingerprint density at radius 1 is 1.08 bits per heavy atom. The van der Waals surface area contributed by atoms with Crippen molar-refractivity contribution in [3.63, 3.8) is 0 Å². The number of carbonyl (C=O) groups is 2. The van der Waals surface area contributed by atoms with E-state index in [1.54, 1.807) is 36.4 Å². The van der Waals surface area contributed by atoms with Gasteiger partial charge in [0.2, 0.25) is 5.78 Å². The van der Waals surface area contributed by atoms with Crippen molar-refractivity contribution in [2.45, 2.75) is 6.54 Å². The first kappa shape index (κ1) is 17.8. The van der Waals surface area contributed by atoms with E-state index in [0.29, 0.717) is 34.2 Å². The van der Waals surface area contributed by atoms with Gasteiger partial charge in [0, 0.05) is 10.4 Å². The van der Waals surface area contributed by atoms with Crippen LogP contribution in [0.25, 0.3) is 0 Å². The van der Waals surface area contributed by atoms with E-state index in [-0.39, 0.29) is 11.7 Å². The second-order valence-corrected chi connectivity index (χ2v) is 6.49. The molecule has 0 fully saturated rings. The Morgan fingerprint density at radius 3 is 2.58 bits per heavy atom. The van der Waals surface area contributed by atoms with Crippen molar-refractivity contribution in [1.29, 1.82) is 0 Å². The van der Waals surface area contributed by atoms with Gasteiger partial charge in [-0.1, -0.05) is 0 Å². The Bertz CT molecular complexity index is 914. The Balaban J connectivity index is 1.64. The maximum absolute atomic E-state index is 12.3. The lowest BCUT2D eigenvalue weighted by Crippen LogP contribution is -2.22. The Morgan fingerprint density at radius 2 is 1.88 bits per heavy atom. The van der Waals surface area contributed by atoms with Crippen LogP contribution >= 0.6 is 11.3 Å². The third-order valence-electron chi connectivity index (χ3n) is 3.70. The fraction of sp³-hybridized carbons (Fsp3) is 0.158. The molecule has 0 aliphatic heterocycles. The van der Waals surface area contributed by atoms with Crippen LogP contribution in [0.5, 0.6) is 11.5 Å². The number of nitrogens with one attached hydrogen (secondary N) is 1. The van der Waals surface area contributed by atoms with E-state index in [0.717, 1.165) is 4.88 Å². The van der Waals surface area contributed by atoms with Crippen molar-refractivity contribution in [1.82, 2.24) is 5.32 Å². The zero-order valence-electron chi connectivity index (χ0n) is 14.3. The summed E-state index contributed by atoms with van der Waals surface area (Å²) in [6, 6.07) is 11.8. The van der Waals surface area contributed by atoms with Crippen LogP contribution in [0.1, 0.15) is 30.7 Å². The van der Waals surface area contributed by atoms with Gasteiger partial charge in [0.1, 0.15) is 0 Å². The Kier molecular flexibility index (Phi) is 5.38. The number of furan rings is 1. The second-order valence-electron chi connectivity index (χ2n) is 5.32. The zero-order chi connectivity index (χ0) is 18.5. The first-order chi connectivity index (χ1) is 12.6. The number of ketones is 1. The molecule has 26 heavy (non-hydrogen) atoms. The van der Waals surface area contributed by atoms with Crippen LogP contribution in [0.2, 0.25) is 0 Å². The summed E-state index contributed by atoms with van der Waals surface area (Å²) in [5.74, 6) is 0.939. The summed E-state index contributed by atoms with van der Waals surface area (Å²) < 4.78 is 15.5. The van der Waals surface area contributed by atoms with Gasteiger partial charge in [-0.05, 0) is 42.5 Å². The summed E-state index contributed by atoms with van der Waals surface area (Å²) in [4.78, 5) is 26.0. The molecule has 0 aliphatic carbocycles. The maximum atomic E-state index is 12.3. The number of methoxy groups -OCH3 is 2. The monoisotopic (exact) mass is 371 g/mol. The molecule has 2 heterocycles. The number of hydrogen-bond donors (Lipinski definition) is 1. The standard InChI is InChI=1S/C19H17NO5S/c1-23-14-7-5-12(10-16(14)24-2)19(22)20-11-13-6-8-17(26-13)18(21)15-4-3-9-25-15/h3-10H,11H2,1-2H3,(H,20,22). The van der Waals surface area contributed by atoms with E-state index in [9.17, 15) is 9.59 Å². The van der Waals surface area contributed by atoms with Crippen LogP contribution in [0.15, 0.2) is 53.1 Å². The number of hydrogen-bond acceptors (Lipinski definition) is 6. The van der Waals surface area contributed by atoms with Crippen LogP contribution in [-0.4, -0.2) is 25.9 Å². The summed E-state index contributed by atoms with van der Waals surface area (Å²) in [6.07, 6.45) is 1.46. The van der Waals surface area contributed by atoms with Gasteiger partial charge >= 0.3 is 0 Å². The van der Waals surface area contributed by atoms with Gasteiger partial charge in [-0.2, -0.15) is 0 Å². The number of benzene rings is 1. The minimum absolute atomic E-state index is 0.169. The van der Waals surface area contributed by atoms with Crippen LogP contribution in [-0.2, 0) is 6.54 Å². The molecule has 0 saturated heterocycles. The fourth-order valence-electron chi connectivity index (χ4n) is 2.37. The summed E-state index contributed by atoms with van der Waals surface area (Å²) in [5, 5.41) is 2.83. The van der Waals surface area contributed by atoms with E-state index >= 15 is 0 Å². The molecule has 1 N–H and O–H groups in total. The molecule has 0 spiro atoms. The fourth-order valence-corrected chi connectivity index (χ4v) is 3.26. The lowest BCUT2D eigenvalue weighted by molar-refractivity contribution is 0.0950. The average molecular weight is 371 g/mol. The van der Waals surface area contributed by atoms with Gasteiger partial charge in [0.15, 0.2) is 17.3 Å². The highest BCUT2D eigenvalue weighted by Gasteiger charge is 2.15. The van der Waals surface area contributed by atoms with Crippen molar-refractivity contribution in [3.8, 4) is 11.5 Å². The van der Waals surface area contributed by atoms with Gasteiger partial charge in [-0.15, -0.1) is 11.3 Å². The normalized spacial score (nSPS) is 10.4. The lowest BCUT2D eigenvalue weighted by atomic mass is 10.2. The summed E-state index contributed by atoms with van der Waals surface area (Å²) in [7, 11) is 3.05. The summed E-state index contributed by atoms with van der Waals surface area (Å²) in [6.45, 7) is 0.323. The average Bonchev–Trinajstić information content (AvgIpc) is 3.36. The first-order valence-corrected chi connectivity index (χ1v) is 8.61. The second kappa shape index (κ2) is 7.88. The number of amides is 1. The number of thiophene rings is 1. The van der Waals surface area contributed by atoms with Crippen molar-refractivity contribution >= 4 is 23.0 Å². The molecule has 0 bridgehead atoms. The number of carbonyl (C=O) groups excluding carboxylic acids is 2. The van der Waals surface area contributed by atoms with Gasteiger partial charge in [0.05, 0.1) is 31.9 Å². The molecule has 3 aromatic rings. The molecule has 0 unspecified atom stereocenters. The van der Waals surface area contributed by atoms with Crippen LogP contribution in [0.3, 0.4) is 0 Å². The number of ether oxygens (including phenoxy) is 2. The van der Waals surface area contributed by atoms with Crippen LogP contribution in [0.4, 0.5) is 0 Å². The highest BCUT2D eigenvalue weighted by molar-refractivity contribution is 7.14. The molecule has 134 valence electrons. The predicted molar refractivity (Wildman–Crippen MR) is 97.2 cm³/mol. The molecule has 6 nitrogen and oxygen atoms in total. The quantitative estimate of drug-likeness (QED) is 0.643. The van der Waals surface area contributed by atoms with Gasteiger partial charge in [-0.25, -0.2) is 0 Å².